The largest absolute Gasteiger partial charge is 0.434 e. The summed E-state index contributed by atoms with van der Waals surface area (Å²) in [5.41, 5.74) is 0.502. The van der Waals surface area contributed by atoms with Crippen molar-refractivity contribution in [2.75, 3.05) is 0 Å². The van der Waals surface area contributed by atoms with E-state index in [0.717, 1.165) is 31.0 Å². The Morgan fingerprint density at radius 2 is 1.86 bits per heavy atom. The SMILES string of the molecule is OCc1ccc(-c2nc(C(F)(F)F)cn2C2CCC2)cc1. The Morgan fingerprint density at radius 3 is 2.33 bits per heavy atom. The lowest BCUT2D eigenvalue weighted by Gasteiger charge is -2.28. The van der Waals surface area contributed by atoms with Crippen molar-refractivity contribution in [1.29, 1.82) is 0 Å². The molecule has 0 aliphatic heterocycles. The summed E-state index contributed by atoms with van der Waals surface area (Å²) in [6.45, 7) is -0.0921. The molecular formula is C15H15F3N2O. The Kier molecular flexibility index (Phi) is 3.49. The third-order valence-electron chi connectivity index (χ3n) is 3.89. The molecule has 1 N–H and O–H groups in total. The van der Waals surface area contributed by atoms with Crippen molar-refractivity contribution in [3.05, 3.63) is 41.7 Å². The zero-order chi connectivity index (χ0) is 15.0. The summed E-state index contributed by atoms with van der Waals surface area (Å²) in [6.07, 6.45) is -0.522. The van der Waals surface area contributed by atoms with E-state index in [2.05, 4.69) is 4.98 Å². The van der Waals surface area contributed by atoms with Crippen molar-refractivity contribution >= 4 is 0 Å². The first-order chi connectivity index (χ1) is 9.99. The molecule has 1 aliphatic carbocycles. The Bertz CT molecular complexity index is 627. The van der Waals surface area contributed by atoms with Crippen LogP contribution in [0, 0.1) is 0 Å². The van der Waals surface area contributed by atoms with E-state index in [1.165, 1.54) is 0 Å². The zero-order valence-corrected chi connectivity index (χ0v) is 11.3. The summed E-state index contributed by atoms with van der Waals surface area (Å²) in [4.78, 5) is 3.79. The van der Waals surface area contributed by atoms with Crippen LogP contribution in [0.4, 0.5) is 13.2 Å². The van der Waals surface area contributed by atoms with Gasteiger partial charge in [-0.2, -0.15) is 13.2 Å². The van der Waals surface area contributed by atoms with Gasteiger partial charge in [0.1, 0.15) is 5.82 Å². The van der Waals surface area contributed by atoms with Crippen molar-refractivity contribution in [3.63, 3.8) is 0 Å². The van der Waals surface area contributed by atoms with Gasteiger partial charge in [0.15, 0.2) is 5.69 Å². The number of aliphatic hydroxyl groups is 1. The molecule has 1 fully saturated rings. The first-order valence-corrected chi connectivity index (χ1v) is 6.85. The highest BCUT2D eigenvalue weighted by Gasteiger charge is 2.36. The maximum Gasteiger partial charge on any atom is 0.434 e. The van der Waals surface area contributed by atoms with Crippen LogP contribution in [0.1, 0.15) is 36.6 Å². The highest BCUT2D eigenvalue weighted by Crippen LogP contribution is 2.38. The Balaban J connectivity index is 2.04. The summed E-state index contributed by atoms with van der Waals surface area (Å²) < 4.78 is 40.3. The predicted octanol–water partition coefficient (Wildman–Crippen LogP) is 3.79. The molecular weight excluding hydrogens is 281 g/mol. The Labute approximate surface area is 120 Å². The maximum absolute atomic E-state index is 12.9. The number of benzene rings is 1. The van der Waals surface area contributed by atoms with Crippen molar-refractivity contribution < 1.29 is 18.3 Å². The van der Waals surface area contributed by atoms with Crippen molar-refractivity contribution in [2.45, 2.75) is 38.1 Å². The molecule has 1 aromatic carbocycles. The summed E-state index contributed by atoms with van der Waals surface area (Å²) in [5.74, 6) is 0.344. The quantitative estimate of drug-likeness (QED) is 0.936. The van der Waals surface area contributed by atoms with Gasteiger partial charge in [-0.1, -0.05) is 24.3 Å². The van der Waals surface area contributed by atoms with Crippen LogP contribution in [0.2, 0.25) is 0 Å². The van der Waals surface area contributed by atoms with Gasteiger partial charge in [0.05, 0.1) is 6.61 Å². The lowest BCUT2D eigenvalue weighted by molar-refractivity contribution is -0.140. The van der Waals surface area contributed by atoms with Crippen LogP contribution >= 0.6 is 0 Å². The van der Waals surface area contributed by atoms with Crippen LogP contribution in [0.15, 0.2) is 30.5 Å². The second kappa shape index (κ2) is 5.18. The van der Waals surface area contributed by atoms with Gasteiger partial charge in [-0.3, -0.25) is 0 Å². The monoisotopic (exact) mass is 296 g/mol. The molecule has 1 saturated carbocycles. The van der Waals surface area contributed by atoms with Crippen LogP contribution in [-0.2, 0) is 12.8 Å². The molecule has 3 rings (SSSR count). The first-order valence-electron chi connectivity index (χ1n) is 6.85. The third kappa shape index (κ3) is 2.68. The fourth-order valence-electron chi connectivity index (χ4n) is 2.45. The standard InChI is InChI=1S/C15H15F3N2O/c16-15(17,18)13-8-20(12-2-1-3-12)14(19-13)11-6-4-10(9-21)5-7-11/h4-8,12,21H,1-3,9H2. The normalized spacial score (nSPS) is 16.0. The number of hydrogen-bond donors (Lipinski definition) is 1. The molecule has 2 aromatic rings. The highest BCUT2D eigenvalue weighted by atomic mass is 19.4. The van der Waals surface area contributed by atoms with Gasteiger partial charge in [-0.25, -0.2) is 4.98 Å². The van der Waals surface area contributed by atoms with E-state index in [-0.39, 0.29) is 12.6 Å². The van der Waals surface area contributed by atoms with E-state index in [1.807, 2.05) is 0 Å². The average molecular weight is 296 g/mol. The molecule has 0 bridgehead atoms. The fraction of sp³-hybridized carbons (Fsp3) is 0.400. The second-order valence-electron chi connectivity index (χ2n) is 5.29. The summed E-state index contributed by atoms with van der Waals surface area (Å²) >= 11 is 0. The molecule has 21 heavy (non-hydrogen) atoms. The minimum absolute atomic E-state index is 0.0921. The molecule has 1 aliphatic rings. The van der Waals surface area contributed by atoms with Crippen molar-refractivity contribution in [3.8, 4) is 11.4 Å². The van der Waals surface area contributed by atoms with E-state index < -0.39 is 11.9 Å². The number of rotatable bonds is 3. The van der Waals surface area contributed by atoms with Crippen LogP contribution in [0.25, 0.3) is 11.4 Å². The predicted molar refractivity (Wildman–Crippen MR) is 71.5 cm³/mol. The van der Waals surface area contributed by atoms with Gasteiger partial charge in [0.25, 0.3) is 0 Å². The van der Waals surface area contributed by atoms with E-state index in [9.17, 15) is 13.2 Å². The van der Waals surface area contributed by atoms with E-state index in [1.54, 1.807) is 28.8 Å². The van der Waals surface area contributed by atoms with Crippen LogP contribution in [-0.4, -0.2) is 14.7 Å². The number of hydrogen-bond acceptors (Lipinski definition) is 2. The van der Waals surface area contributed by atoms with Crippen molar-refractivity contribution in [2.24, 2.45) is 0 Å². The molecule has 1 heterocycles. The van der Waals surface area contributed by atoms with E-state index >= 15 is 0 Å². The topological polar surface area (TPSA) is 38.1 Å². The van der Waals surface area contributed by atoms with Gasteiger partial charge in [-0.05, 0) is 24.8 Å². The molecule has 0 amide bonds. The molecule has 0 atom stereocenters. The van der Waals surface area contributed by atoms with Gasteiger partial charge in [0.2, 0.25) is 0 Å². The fourth-order valence-corrected chi connectivity index (χ4v) is 2.45. The third-order valence-corrected chi connectivity index (χ3v) is 3.89. The van der Waals surface area contributed by atoms with Gasteiger partial charge in [-0.15, -0.1) is 0 Å². The molecule has 1 aromatic heterocycles. The van der Waals surface area contributed by atoms with Gasteiger partial charge in [0, 0.05) is 17.8 Å². The molecule has 0 unspecified atom stereocenters. The summed E-state index contributed by atoms with van der Waals surface area (Å²) in [5, 5.41) is 9.03. The molecule has 0 saturated heterocycles. The van der Waals surface area contributed by atoms with Crippen LogP contribution < -0.4 is 0 Å². The minimum atomic E-state index is -4.44. The number of aliphatic hydroxyl groups excluding tert-OH is 1. The molecule has 0 spiro atoms. The number of halogens is 3. The lowest BCUT2D eigenvalue weighted by atomic mass is 9.92. The molecule has 0 radical (unpaired) electrons. The number of nitrogens with zero attached hydrogens (tertiary/aromatic N) is 2. The molecule has 3 nitrogen and oxygen atoms in total. The molecule has 6 heteroatoms. The second-order valence-corrected chi connectivity index (χ2v) is 5.29. The lowest BCUT2D eigenvalue weighted by Crippen LogP contribution is -2.17. The first kappa shape index (κ1) is 14.1. The number of alkyl halides is 3. The number of imidazole rings is 1. The maximum atomic E-state index is 12.9. The van der Waals surface area contributed by atoms with Crippen LogP contribution in [0.5, 0.6) is 0 Å². The van der Waals surface area contributed by atoms with Gasteiger partial charge >= 0.3 is 6.18 Å². The smallest absolute Gasteiger partial charge is 0.392 e. The van der Waals surface area contributed by atoms with E-state index in [0.29, 0.717) is 11.4 Å². The minimum Gasteiger partial charge on any atom is -0.392 e. The number of aromatic nitrogens is 2. The Hall–Kier alpha value is -1.82. The highest BCUT2D eigenvalue weighted by molar-refractivity contribution is 5.57. The van der Waals surface area contributed by atoms with Gasteiger partial charge < -0.3 is 9.67 Å². The van der Waals surface area contributed by atoms with E-state index in [4.69, 9.17) is 5.11 Å². The zero-order valence-electron chi connectivity index (χ0n) is 11.3. The summed E-state index contributed by atoms with van der Waals surface area (Å²) in [6, 6.07) is 6.89. The van der Waals surface area contributed by atoms with Crippen LogP contribution in [0.3, 0.4) is 0 Å². The average Bonchev–Trinajstić information content (AvgIpc) is 2.81. The van der Waals surface area contributed by atoms with Crippen molar-refractivity contribution in [1.82, 2.24) is 9.55 Å². The molecule has 112 valence electrons. The summed E-state index contributed by atoms with van der Waals surface area (Å²) in [7, 11) is 0. The Morgan fingerprint density at radius 1 is 1.19 bits per heavy atom.